The summed E-state index contributed by atoms with van der Waals surface area (Å²) in [5, 5.41) is 23.0. The number of rotatable bonds is 4. The summed E-state index contributed by atoms with van der Waals surface area (Å²) in [4.78, 5) is 27.6. The van der Waals surface area contributed by atoms with Crippen LogP contribution in [0.3, 0.4) is 0 Å². The first-order valence-corrected chi connectivity index (χ1v) is 7.06. The van der Waals surface area contributed by atoms with E-state index in [1.165, 1.54) is 0 Å². The van der Waals surface area contributed by atoms with Crippen LogP contribution in [0.15, 0.2) is 16.4 Å². The molecule has 0 bridgehead atoms. The van der Waals surface area contributed by atoms with Crippen LogP contribution in [0.4, 0.5) is 5.69 Å². The highest BCUT2D eigenvalue weighted by molar-refractivity contribution is 6.38. The predicted molar refractivity (Wildman–Crippen MR) is 81.2 cm³/mol. The number of phenols is 2. The zero-order chi connectivity index (χ0) is 17.3. The Morgan fingerprint density at radius 2 is 1.78 bits per heavy atom. The quantitative estimate of drug-likeness (QED) is 0.373. The van der Waals surface area contributed by atoms with Gasteiger partial charge in [-0.15, -0.1) is 0 Å². The number of hydrogen-bond donors (Lipinski definition) is 2. The van der Waals surface area contributed by atoms with E-state index >= 15 is 0 Å². The van der Waals surface area contributed by atoms with Gasteiger partial charge in [-0.25, -0.2) is 0 Å². The zero-order valence-electron chi connectivity index (χ0n) is 12.3. The second-order valence-electron chi connectivity index (χ2n) is 4.55. The number of nitrogens with zero attached hydrogens (tertiary/aromatic N) is 3. The molecule has 1 aliphatic carbocycles. The van der Waals surface area contributed by atoms with Crippen molar-refractivity contribution >= 4 is 28.9 Å². The van der Waals surface area contributed by atoms with E-state index in [1.807, 2.05) is 0 Å². The van der Waals surface area contributed by atoms with Gasteiger partial charge in [0.2, 0.25) is 5.78 Å². The Balaban J connectivity index is 2.89. The molecule has 23 heavy (non-hydrogen) atoms. The lowest BCUT2D eigenvalue weighted by molar-refractivity contribution is 0.0873. The van der Waals surface area contributed by atoms with Crippen molar-refractivity contribution in [1.29, 1.82) is 0 Å². The Morgan fingerprint density at radius 3 is 2.30 bits per heavy atom. The van der Waals surface area contributed by atoms with Gasteiger partial charge in [-0.05, 0) is 18.9 Å². The van der Waals surface area contributed by atoms with Crippen molar-refractivity contribution in [1.82, 2.24) is 0 Å². The SMILES string of the molecule is CCOC1=C(CC)C(=O)c2c(O)c(N=[N+]=[N-])c(Cl)c(O)c2C1=O. The Hall–Kier alpha value is -2.70. The van der Waals surface area contributed by atoms with Gasteiger partial charge in [0.25, 0.3) is 0 Å². The highest BCUT2D eigenvalue weighted by Gasteiger charge is 2.39. The van der Waals surface area contributed by atoms with Gasteiger partial charge in [0.1, 0.15) is 17.2 Å². The van der Waals surface area contributed by atoms with Gasteiger partial charge in [0.15, 0.2) is 11.5 Å². The van der Waals surface area contributed by atoms with Gasteiger partial charge in [0, 0.05) is 10.5 Å². The van der Waals surface area contributed by atoms with Crippen molar-refractivity contribution in [3.8, 4) is 11.5 Å². The molecule has 1 aromatic carbocycles. The maximum Gasteiger partial charge on any atom is 0.232 e. The van der Waals surface area contributed by atoms with Crippen LogP contribution in [0, 0.1) is 0 Å². The smallest absolute Gasteiger partial charge is 0.232 e. The van der Waals surface area contributed by atoms with Crippen molar-refractivity contribution in [2.75, 3.05) is 6.61 Å². The Labute approximate surface area is 135 Å². The number of ketones is 2. The van der Waals surface area contributed by atoms with Crippen LogP contribution >= 0.6 is 11.6 Å². The molecule has 120 valence electrons. The number of aromatic hydroxyl groups is 2. The molecule has 0 saturated heterocycles. The molecule has 0 fully saturated rings. The summed E-state index contributed by atoms with van der Waals surface area (Å²) in [7, 11) is 0. The van der Waals surface area contributed by atoms with Crippen molar-refractivity contribution in [2.24, 2.45) is 5.11 Å². The highest BCUT2D eigenvalue weighted by Crippen LogP contribution is 2.49. The lowest BCUT2D eigenvalue weighted by Crippen LogP contribution is -2.24. The maximum absolute atomic E-state index is 12.6. The van der Waals surface area contributed by atoms with E-state index in [4.69, 9.17) is 21.9 Å². The first-order chi connectivity index (χ1) is 10.9. The number of fused-ring (bicyclic) bond motifs is 1. The molecule has 0 saturated carbocycles. The Bertz CT molecular complexity index is 809. The number of carbonyl (C=O) groups is 2. The normalized spacial score (nSPS) is 13.7. The molecule has 0 heterocycles. The molecular formula is C14H12ClN3O5. The third-order valence-corrected chi connectivity index (χ3v) is 3.72. The fourth-order valence-electron chi connectivity index (χ4n) is 2.38. The molecule has 1 aromatic rings. The molecule has 0 aromatic heterocycles. The number of phenolic OH excluding ortho intramolecular Hbond substituents is 2. The molecule has 0 radical (unpaired) electrons. The largest absolute Gasteiger partial charge is 0.507 e. The van der Waals surface area contributed by atoms with Crippen molar-refractivity contribution < 1.29 is 24.5 Å². The van der Waals surface area contributed by atoms with Crippen molar-refractivity contribution in [2.45, 2.75) is 20.3 Å². The highest BCUT2D eigenvalue weighted by atomic mass is 35.5. The summed E-state index contributed by atoms with van der Waals surface area (Å²) in [6.07, 6.45) is 0.180. The molecule has 0 atom stereocenters. The number of benzene rings is 1. The summed E-state index contributed by atoms with van der Waals surface area (Å²) in [5.74, 6) is -3.13. The van der Waals surface area contributed by atoms with Crippen LogP contribution in [0.25, 0.3) is 10.4 Å². The third kappa shape index (κ3) is 2.38. The van der Waals surface area contributed by atoms with Crippen LogP contribution in [0.1, 0.15) is 41.0 Å². The molecule has 0 spiro atoms. The molecule has 8 nitrogen and oxygen atoms in total. The summed E-state index contributed by atoms with van der Waals surface area (Å²) in [6.45, 7) is 3.43. The number of allylic oxidation sites excluding steroid dienone is 2. The van der Waals surface area contributed by atoms with Crippen LogP contribution in [-0.4, -0.2) is 28.4 Å². The summed E-state index contributed by atoms with van der Waals surface area (Å²) >= 11 is 5.83. The minimum Gasteiger partial charge on any atom is -0.507 e. The standard InChI is InChI=1S/C14H12ClN3O5/c1-3-5-10(19)6-7(13(22)14(5)23-4-2)11(20)8(15)9(12(6)21)17-18-16/h20-21H,3-4H2,1-2H3. The summed E-state index contributed by atoms with van der Waals surface area (Å²) in [6, 6.07) is 0. The van der Waals surface area contributed by atoms with Crippen molar-refractivity contribution in [3.63, 3.8) is 0 Å². The number of hydrogen-bond acceptors (Lipinski definition) is 6. The minimum atomic E-state index is -0.763. The molecule has 9 heteroatoms. The summed E-state index contributed by atoms with van der Waals surface area (Å²) in [5.41, 5.74) is 7.16. The van der Waals surface area contributed by atoms with Crippen molar-refractivity contribution in [3.05, 3.63) is 37.9 Å². The Kier molecular flexibility index (Phi) is 4.49. The summed E-state index contributed by atoms with van der Waals surface area (Å²) < 4.78 is 5.23. The van der Waals surface area contributed by atoms with E-state index in [2.05, 4.69) is 10.0 Å². The predicted octanol–water partition coefficient (Wildman–Crippen LogP) is 3.77. The average molecular weight is 338 g/mol. The molecular weight excluding hydrogens is 326 g/mol. The topological polar surface area (TPSA) is 133 Å². The molecule has 0 amide bonds. The average Bonchev–Trinajstić information content (AvgIpc) is 2.52. The Morgan fingerprint density at radius 1 is 1.17 bits per heavy atom. The van der Waals surface area contributed by atoms with E-state index in [0.29, 0.717) is 0 Å². The van der Waals surface area contributed by atoms with E-state index in [1.54, 1.807) is 13.8 Å². The van der Waals surface area contributed by atoms with Crippen LogP contribution < -0.4 is 0 Å². The van der Waals surface area contributed by atoms with Gasteiger partial charge < -0.3 is 14.9 Å². The van der Waals surface area contributed by atoms with E-state index < -0.39 is 44.9 Å². The van der Waals surface area contributed by atoms with Gasteiger partial charge in [-0.2, -0.15) is 0 Å². The number of azide groups is 1. The number of carbonyl (C=O) groups excluding carboxylic acids is 2. The number of halogens is 1. The van der Waals surface area contributed by atoms with Crippen LogP contribution in [-0.2, 0) is 4.74 Å². The van der Waals surface area contributed by atoms with E-state index in [9.17, 15) is 19.8 Å². The fourth-order valence-corrected chi connectivity index (χ4v) is 2.60. The molecule has 2 rings (SSSR count). The second-order valence-corrected chi connectivity index (χ2v) is 4.93. The maximum atomic E-state index is 12.6. The zero-order valence-corrected chi connectivity index (χ0v) is 13.0. The molecule has 0 aliphatic heterocycles. The van der Waals surface area contributed by atoms with Crippen LogP contribution in [0.5, 0.6) is 11.5 Å². The van der Waals surface area contributed by atoms with E-state index in [0.717, 1.165) is 0 Å². The molecule has 1 aliphatic rings. The second kappa shape index (κ2) is 6.20. The first kappa shape index (κ1) is 16.7. The van der Waals surface area contributed by atoms with Gasteiger partial charge >= 0.3 is 0 Å². The van der Waals surface area contributed by atoms with Gasteiger partial charge in [0.05, 0.1) is 22.8 Å². The number of Topliss-reactive ketones (excluding diaryl/α,β-unsaturated/α-hetero) is 2. The first-order valence-electron chi connectivity index (χ1n) is 6.68. The molecule has 0 unspecified atom stereocenters. The monoisotopic (exact) mass is 337 g/mol. The fraction of sp³-hybridized carbons (Fsp3) is 0.286. The third-order valence-electron chi connectivity index (χ3n) is 3.36. The molecule has 2 N–H and O–H groups in total. The van der Waals surface area contributed by atoms with Crippen LogP contribution in [0.2, 0.25) is 5.02 Å². The van der Waals surface area contributed by atoms with E-state index in [-0.39, 0.29) is 24.4 Å². The lowest BCUT2D eigenvalue weighted by Gasteiger charge is -2.23. The van der Waals surface area contributed by atoms with Gasteiger partial charge in [-0.1, -0.05) is 23.6 Å². The van der Waals surface area contributed by atoms with Gasteiger partial charge in [-0.3, -0.25) is 9.59 Å². The number of ether oxygens (including phenoxy) is 1. The minimum absolute atomic E-state index is 0.0632. The lowest BCUT2D eigenvalue weighted by atomic mass is 9.85.